The second-order valence-corrected chi connectivity index (χ2v) is 10.2. The summed E-state index contributed by atoms with van der Waals surface area (Å²) in [6.07, 6.45) is 3.50. The Morgan fingerprint density at radius 2 is 1.83 bits per heavy atom. The Kier molecular flexibility index (Phi) is 7.42. The summed E-state index contributed by atoms with van der Waals surface area (Å²) in [4.78, 5) is 15.3. The van der Waals surface area contributed by atoms with Crippen molar-refractivity contribution < 1.29 is 13.9 Å². The van der Waals surface area contributed by atoms with E-state index >= 15 is 0 Å². The van der Waals surface area contributed by atoms with Crippen molar-refractivity contribution in [3.63, 3.8) is 0 Å². The molecule has 0 aliphatic carbocycles. The number of halogens is 2. The molecule has 0 spiro atoms. The van der Waals surface area contributed by atoms with E-state index in [-0.39, 0.29) is 23.7 Å². The third-order valence-corrected chi connectivity index (χ3v) is 7.96. The highest BCUT2D eigenvalue weighted by atomic mass is 35.5. The lowest BCUT2D eigenvalue weighted by molar-refractivity contribution is -0.122. The lowest BCUT2D eigenvalue weighted by atomic mass is 9.89. The quantitative estimate of drug-likeness (QED) is 0.495. The number of rotatable bonds is 6. The fraction of sp³-hybridized carbons (Fsp3) is 0.464. The SMILES string of the molecule is Cc1c(CN2CCC(c3c(F)cccc3Cl)CC2)c2ccccc2n1CC(=O)NC1CCOCC1. The number of likely N-dealkylation sites (tertiary alicyclic amines) is 1. The molecule has 2 aliphatic rings. The molecule has 0 unspecified atom stereocenters. The highest BCUT2D eigenvalue weighted by Gasteiger charge is 2.26. The fourth-order valence-electron chi connectivity index (χ4n) is 5.67. The number of nitrogens with one attached hydrogen (secondary N) is 1. The van der Waals surface area contributed by atoms with Crippen LogP contribution in [0.2, 0.25) is 5.02 Å². The Bertz CT molecular complexity index is 1180. The molecule has 0 radical (unpaired) electrons. The van der Waals surface area contributed by atoms with Gasteiger partial charge >= 0.3 is 0 Å². The van der Waals surface area contributed by atoms with Gasteiger partial charge < -0.3 is 14.6 Å². The third-order valence-electron chi connectivity index (χ3n) is 7.63. The van der Waals surface area contributed by atoms with Crippen molar-refractivity contribution in [2.75, 3.05) is 26.3 Å². The molecule has 1 amide bonds. The van der Waals surface area contributed by atoms with E-state index in [0.717, 1.165) is 56.5 Å². The number of fused-ring (bicyclic) bond motifs is 1. The molecule has 35 heavy (non-hydrogen) atoms. The number of hydrogen-bond donors (Lipinski definition) is 1. The van der Waals surface area contributed by atoms with Crippen molar-refractivity contribution in [1.29, 1.82) is 0 Å². The van der Waals surface area contributed by atoms with Gasteiger partial charge in [-0.05, 0) is 75.4 Å². The van der Waals surface area contributed by atoms with Gasteiger partial charge in [-0.3, -0.25) is 9.69 Å². The van der Waals surface area contributed by atoms with Crippen LogP contribution in [0.1, 0.15) is 48.4 Å². The maximum absolute atomic E-state index is 14.4. The molecule has 0 atom stereocenters. The minimum atomic E-state index is -0.200. The molecule has 2 aliphatic heterocycles. The molecule has 2 aromatic carbocycles. The first kappa shape index (κ1) is 24.3. The summed E-state index contributed by atoms with van der Waals surface area (Å²) >= 11 is 6.33. The number of amides is 1. The van der Waals surface area contributed by atoms with Gasteiger partial charge in [0.2, 0.25) is 5.91 Å². The van der Waals surface area contributed by atoms with Crippen LogP contribution in [0, 0.1) is 12.7 Å². The Morgan fingerprint density at radius 1 is 1.09 bits per heavy atom. The van der Waals surface area contributed by atoms with Gasteiger partial charge in [0.25, 0.3) is 0 Å². The number of carbonyl (C=O) groups excluding carboxylic acids is 1. The third kappa shape index (κ3) is 5.25. The average Bonchev–Trinajstić information content (AvgIpc) is 3.11. The predicted molar refractivity (Wildman–Crippen MR) is 137 cm³/mol. The minimum Gasteiger partial charge on any atom is -0.381 e. The van der Waals surface area contributed by atoms with E-state index in [9.17, 15) is 9.18 Å². The molecule has 5 nitrogen and oxygen atoms in total. The van der Waals surface area contributed by atoms with E-state index in [2.05, 4.69) is 39.9 Å². The molecule has 5 rings (SSSR count). The first-order valence-electron chi connectivity index (χ1n) is 12.6. The number of ether oxygens (including phenoxy) is 1. The normalized spacial score (nSPS) is 18.3. The van der Waals surface area contributed by atoms with E-state index in [1.54, 1.807) is 12.1 Å². The van der Waals surface area contributed by atoms with Crippen LogP contribution in [0.5, 0.6) is 0 Å². The van der Waals surface area contributed by atoms with E-state index in [4.69, 9.17) is 16.3 Å². The summed E-state index contributed by atoms with van der Waals surface area (Å²) in [6, 6.07) is 13.5. The molecule has 2 saturated heterocycles. The van der Waals surface area contributed by atoms with Crippen LogP contribution in [-0.2, 0) is 22.6 Å². The van der Waals surface area contributed by atoms with Gasteiger partial charge in [0.05, 0.1) is 0 Å². The van der Waals surface area contributed by atoms with Crippen molar-refractivity contribution in [3.05, 3.63) is 70.1 Å². The number of benzene rings is 2. The summed E-state index contributed by atoms with van der Waals surface area (Å²) < 4.78 is 22.0. The molecule has 3 heterocycles. The monoisotopic (exact) mass is 497 g/mol. The number of carbonyl (C=O) groups is 1. The van der Waals surface area contributed by atoms with Crippen LogP contribution in [-0.4, -0.2) is 47.7 Å². The average molecular weight is 498 g/mol. The van der Waals surface area contributed by atoms with Gasteiger partial charge in [-0.15, -0.1) is 0 Å². The molecule has 186 valence electrons. The molecule has 0 saturated carbocycles. The van der Waals surface area contributed by atoms with Gasteiger partial charge in [-0.25, -0.2) is 4.39 Å². The highest BCUT2D eigenvalue weighted by Crippen LogP contribution is 2.36. The lowest BCUT2D eigenvalue weighted by Crippen LogP contribution is -2.40. The van der Waals surface area contributed by atoms with Gasteiger partial charge in [-0.2, -0.15) is 0 Å². The van der Waals surface area contributed by atoms with E-state index in [1.807, 2.05) is 6.07 Å². The number of hydrogen-bond acceptors (Lipinski definition) is 3. The van der Waals surface area contributed by atoms with Crippen LogP contribution in [0.3, 0.4) is 0 Å². The van der Waals surface area contributed by atoms with E-state index < -0.39 is 0 Å². The van der Waals surface area contributed by atoms with Gasteiger partial charge in [0, 0.05) is 53.0 Å². The van der Waals surface area contributed by atoms with Gasteiger partial charge in [-0.1, -0.05) is 35.9 Å². The standard InChI is InChI=1S/C28H33ClFN3O2/c1-19-23(17-32-13-9-20(10-14-32)28-24(29)6-4-7-25(28)30)22-5-2-3-8-26(22)33(19)18-27(34)31-21-11-15-35-16-12-21/h2-8,20-21H,9-18H2,1H3,(H,31,34). The zero-order valence-corrected chi connectivity index (χ0v) is 21.0. The lowest BCUT2D eigenvalue weighted by Gasteiger charge is -2.32. The maximum Gasteiger partial charge on any atom is 0.240 e. The zero-order valence-electron chi connectivity index (χ0n) is 20.2. The molecule has 7 heteroatoms. The first-order chi connectivity index (χ1) is 17.0. The van der Waals surface area contributed by atoms with Crippen LogP contribution < -0.4 is 5.32 Å². The van der Waals surface area contributed by atoms with Crippen LogP contribution in [0.4, 0.5) is 4.39 Å². The number of piperidine rings is 1. The van der Waals surface area contributed by atoms with Crippen molar-refractivity contribution in [2.45, 2.75) is 57.7 Å². The van der Waals surface area contributed by atoms with Crippen LogP contribution in [0.15, 0.2) is 42.5 Å². The van der Waals surface area contributed by atoms with E-state index in [0.29, 0.717) is 30.3 Å². The molecule has 3 aromatic rings. The Labute approximate surface area is 211 Å². The second kappa shape index (κ2) is 10.7. The van der Waals surface area contributed by atoms with Crippen molar-refractivity contribution in [2.24, 2.45) is 0 Å². The summed E-state index contributed by atoms with van der Waals surface area (Å²) in [6.45, 7) is 6.44. The van der Waals surface area contributed by atoms with Crippen molar-refractivity contribution in [3.8, 4) is 0 Å². The fourth-order valence-corrected chi connectivity index (χ4v) is 5.99. The predicted octanol–water partition coefficient (Wildman–Crippen LogP) is 5.42. The number of aromatic nitrogens is 1. The number of para-hydroxylation sites is 1. The largest absolute Gasteiger partial charge is 0.381 e. The first-order valence-corrected chi connectivity index (χ1v) is 13.0. The summed E-state index contributed by atoms with van der Waals surface area (Å²) in [5.41, 5.74) is 4.15. The van der Waals surface area contributed by atoms with Gasteiger partial charge in [0.1, 0.15) is 12.4 Å². The van der Waals surface area contributed by atoms with Gasteiger partial charge in [0.15, 0.2) is 0 Å². The molecule has 1 N–H and O–H groups in total. The van der Waals surface area contributed by atoms with Crippen LogP contribution >= 0.6 is 11.6 Å². The van der Waals surface area contributed by atoms with Crippen molar-refractivity contribution >= 4 is 28.4 Å². The van der Waals surface area contributed by atoms with E-state index in [1.165, 1.54) is 17.0 Å². The Balaban J connectivity index is 1.29. The van der Waals surface area contributed by atoms with Crippen LogP contribution in [0.25, 0.3) is 10.9 Å². The highest BCUT2D eigenvalue weighted by molar-refractivity contribution is 6.31. The van der Waals surface area contributed by atoms with Crippen molar-refractivity contribution in [1.82, 2.24) is 14.8 Å². The Hall–Kier alpha value is -2.41. The molecule has 0 bridgehead atoms. The molecular formula is C28H33ClFN3O2. The minimum absolute atomic E-state index is 0.0508. The Morgan fingerprint density at radius 3 is 2.57 bits per heavy atom. The zero-order chi connectivity index (χ0) is 24.4. The number of nitrogens with zero attached hydrogens (tertiary/aromatic N) is 2. The summed E-state index contributed by atoms with van der Waals surface area (Å²) in [7, 11) is 0. The smallest absolute Gasteiger partial charge is 0.240 e. The summed E-state index contributed by atoms with van der Waals surface area (Å²) in [5, 5.41) is 4.91. The molecular weight excluding hydrogens is 465 g/mol. The topological polar surface area (TPSA) is 46.5 Å². The second-order valence-electron chi connectivity index (χ2n) is 9.81. The summed E-state index contributed by atoms with van der Waals surface area (Å²) in [5.74, 6) is 0.0000467. The maximum atomic E-state index is 14.4. The molecule has 2 fully saturated rings. The molecule has 1 aromatic heterocycles.